The van der Waals surface area contributed by atoms with E-state index in [2.05, 4.69) is 60.4 Å². The first kappa shape index (κ1) is 26.3. The van der Waals surface area contributed by atoms with Gasteiger partial charge in [0.2, 0.25) is 0 Å². The van der Waals surface area contributed by atoms with Crippen molar-refractivity contribution >= 4 is 17.0 Å². The van der Waals surface area contributed by atoms with Gasteiger partial charge in [-0.15, -0.1) is 0 Å². The van der Waals surface area contributed by atoms with Crippen LogP contribution < -0.4 is 14.2 Å². The second-order valence-corrected chi connectivity index (χ2v) is 9.16. The molecule has 0 heterocycles. The first-order valence-corrected chi connectivity index (χ1v) is 13.2. The van der Waals surface area contributed by atoms with Crippen LogP contribution in [0.3, 0.4) is 0 Å². The highest BCUT2D eigenvalue weighted by atomic mass is 16.5. The van der Waals surface area contributed by atoms with E-state index in [4.69, 9.17) is 14.2 Å². The molecule has 0 aliphatic carbocycles. The van der Waals surface area contributed by atoms with Crippen LogP contribution in [0.25, 0.3) is 21.9 Å². The van der Waals surface area contributed by atoms with Crippen LogP contribution in [0.4, 0.5) is 0 Å². The molecule has 4 nitrogen and oxygen atoms in total. The average molecular weight is 496 g/mol. The second kappa shape index (κ2) is 13.5. The van der Waals surface area contributed by atoms with E-state index in [1.807, 2.05) is 36.5 Å². The van der Waals surface area contributed by atoms with E-state index in [1.165, 1.54) is 41.3 Å². The van der Waals surface area contributed by atoms with Crippen molar-refractivity contribution in [2.24, 2.45) is 4.99 Å². The van der Waals surface area contributed by atoms with Crippen LogP contribution in [-0.4, -0.2) is 33.6 Å². The maximum Gasteiger partial charge on any atom is 0.126 e. The molecule has 0 fully saturated rings. The lowest BCUT2D eigenvalue weighted by molar-refractivity contribution is 0.380. The molecule has 4 aromatic rings. The Bertz CT molecular complexity index is 1310. The monoisotopic (exact) mass is 495 g/mol. The number of nitrogens with zero attached hydrogens (tertiary/aromatic N) is 1. The molecule has 4 heteroatoms. The minimum atomic E-state index is 0.496. The lowest BCUT2D eigenvalue weighted by Crippen LogP contribution is -2.00. The highest BCUT2D eigenvalue weighted by Crippen LogP contribution is 2.38. The normalized spacial score (nSPS) is 11.2. The fourth-order valence-corrected chi connectivity index (χ4v) is 4.62. The third-order valence-electron chi connectivity index (χ3n) is 6.63. The Kier molecular flexibility index (Phi) is 9.59. The van der Waals surface area contributed by atoms with E-state index in [0.29, 0.717) is 6.61 Å². The van der Waals surface area contributed by atoms with Crippen LogP contribution in [0.1, 0.15) is 43.7 Å². The largest absolute Gasteiger partial charge is 0.497 e. The number of rotatable bonds is 13. The molecule has 0 aliphatic rings. The zero-order valence-corrected chi connectivity index (χ0v) is 22.2. The summed E-state index contributed by atoms with van der Waals surface area (Å²) >= 11 is 0. The molecule has 37 heavy (non-hydrogen) atoms. The van der Waals surface area contributed by atoms with Crippen molar-refractivity contribution in [3.05, 3.63) is 90.0 Å². The predicted molar refractivity (Wildman–Crippen MR) is 155 cm³/mol. The Labute approximate surface area is 220 Å². The highest BCUT2D eigenvalue weighted by molar-refractivity contribution is 5.94. The van der Waals surface area contributed by atoms with Crippen molar-refractivity contribution in [1.29, 1.82) is 0 Å². The number of benzene rings is 4. The number of hydrogen-bond donors (Lipinski definition) is 0. The van der Waals surface area contributed by atoms with Gasteiger partial charge in [-0.25, -0.2) is 0 Å². The van der Waals surface area contributed by atoms with E-state index in [1.54, 1.807) is 14.2 Å². The minimum absolute atomic E-state index is 0.496. The maximum atomic E-state index is 5.88. The van der Waals surface area contributed by atoms with Gasteiger partial charge in [0.15, 0.2) is 0 Å². The number of methoxy groups -OCH3 is 2. The van der Waals surface area contributed by atoms with E-state index >= 15 is 0 Å². The van der Waals surface area contributed by atoms with Crippen LogP contribution in [0.5, 0.6) is 17.2 Å². The van der Waals surface area contributed by atoms with Gasteiger partial charge in [-0.3, -0.25) is 4.99 Å². The Balaban J connectivity index is 1.54. The van der Waals surface area contributed by atoms with E-state index < -0.39 is 0 Å². The molecule has 192 valence electrons. The van der Waals surface area contributed by atoms with Gasteiger partial charge in [0.25, 0.3) is 0 Å². The van der Waals surface area contributed by atoms with E-state index in [9.17, 15) is 0 Å². The van der Waals surface area contributed by atoms with Crippen molar-refractivity contribution in [1.82, 2.24) is 0 Å². The van der Waals surface area contributed by atoms with Crippen LogP contribution in [0.2, 0.25) is 0 Å². The molecule has 0 unspecified atom stereocenters. The van der Waals surface area contributed by atoms with E-state index in [-0.39, 0.29) is 0 Å². The van der Waals surface area contributed by atoms with Crippen molar-refractivity contribution in [2.45, 2.75) is 39.0 Å². The SMILES string of the molecule is CCCCCCN=CCOc1ccc(Cc2c(-c3ccccc3OC)ccc3cc(OC)ccc23)cc1. The number of aliphatic imine (C=N–C) groups is 1. The lowest BCUT2D eigenvalue weighted by Gasteiger charge is -2.17. The van der Waals surface area contributed by atoms with Crippen molar-refractivity contribution in [3.63, 3.8) is 0 Å². The zero-order chi connectivity index (χ0) is 25.9. The predicted octanol–water partition coefficient (Wildman–Crippen LogP) is 8.14. The molecule has 0 spiro atoms. The summed E-state index contributed by atoms with van der Waals surface area (Å²) in [6.07, 6.45) is 7.60. The summed E-state index contributed by atoms with van der Waals surface area (Å²) in [6, 6.07) is 27.2. The maximum absolute atomic E-state index is 5.88. The fourth-order valence-electron chi connectivity index (χ4n) is 4.62. The number of fused-ring (bicyclic) bond motifs is 1. The summed E-state index contributed by atoms with van der Waals surface area (Å²) in [4.78, 5) is 4.46. The molecule has 0 saturated heterocycles. The second-order valence-electron chi connectivity index (χ2n) is 9.16. The third kappa shape index (κ3) is 6.91. The molecule has 0 saturated carbocycles. The summed E-state index contributed by atoms with van der Waals surface area (Å²) in [5.74, 6) is 2.58. The molecule has 0 aliphatic heterocycles. The topological polar surface area (TPSA) is 40.0 Å². The van der Waals surface area contributed by atoms with Gasteiger partial charge in [-0.05, 0) is 70.6 Å². The van der Waals surface area contributed by atoms with Crippen LogP contribution in [-0.2, 0) is 6.42 Å². The third-order valence-corrected chi connectivity index (χ3v) is 6.63. The van der Waals surface area contributed by atoms with Gasteiger partial charge in [0.1, 0.15) is 23.9 Å². The Morgan fingerprint density at radius 1 is 0.757 bits per heavy atom. The summed E-state index contributed by atoms with van der Waals surface area (Å²) in [5, 5.41) is 2.36. The molecular weight excluding hydrogens is 458 g/mol. The van der Waals surface area contributed by atoms with Gasteiger partial charge >= 0.3 is 0 Å². The number of unbranched alkanes of at least 4 members (excludes halogenated alkanes) is 3. The number of hydrogen-bond acceptors (Lipinski definition) is 4. The fraction of sp³-hybridized carbons (Fsp3) is 0.303. The zero-order valence-electron chi connectivity index (χ0n) is 22.2. The molecule has 0 atom stereocenters. The molecule has 0 amide bonds. The lowest BCUT2D eigenvalue weighted by atomic mass is 9.90. The molecule has 4 aromatic carbocycles. The van der Waals surface area contributed by atoms with Gasteiger partial charge in [0, 0.05) is 18.3 Å². The Hall–Kier alpha value is -3.79. The summed E-state index contributed by atoms with van der Waals surface area (Å²) < 4.78 is 17.1. The first-order valence-electron chi connectivity index (χ1n) is 13.2. The number of ether oxygens (including phenoxy) is 3. The smallest absolute Gasteiger partial charge is 0.126 e. The summed E-state index contributed by atoms with van der Waals surface area (Å²) in [6.45, 7) is 3.60. The van der Waals surface area contributed by atoms with Gasteiger partial charge in [0.05, 0.1) is 14.2 Å². The first-order chi connectivity index (χ1) is 18.2. The van der Waals surface area contributed by atoms with Crippen molar-refractivity contribution < 1.29 is 14.2 Å². The van der Waals surface area contributed by atoms with Gasteiger partial charge in [-0.1, -0.05) is 74.7 Å². The minimum Gasteiger partial charge on any atom is -0.497 e. The average Bonchev–Trinajstić information content (AvgIpc) is 2.95. The summed E-state index contributed by atoms with van der Waals surface area (Å²) in [7, 11) is 3.43. The quantitative estimate of drug-likeness (QED) is 0.139. The summed E-state index contributed by atoms with van der Waals surface area (Å²) in [5.41, 5.74) is 4.74. The van der Waals surface area contributed by atoms with Crippen LogP contribution in [0.15, 0.2) is 83.9 Å². The van der Waals surface area contributed by atoms with Gasteiger partial charge < -0.3 is 14.2 Å². The Morgan fingerprint density at radius 2 is 1.57 bits per heavy atom. The van der Waals surface area contributed by atoms with Crippen LogP contribution >= 0.6 is 0 Å². The molecule has 0 bridgehead atoms. The van der Waals surface area contributed by atoms with Crippen molar-refractivity contribution in [3.8, 4) is 28.4 Å². The van der Waals surface area contributed by atoms with Crippen LogP contribution in [0, 0.1) is 0 Å². The molecule has 0 aromatic heterocycles. The highest BCUT2D eigenvalue weighted by Gasteiger charge is 2.14. The molecular formula is C33H37NO3. The Morgan fingerprint density at radius 3 is 2.35 bits per heavy atom. The molecule has 4 rings (SSSR count). The van der Waals surface area contributed by atoms with E-state index in [0.717, 1.165) is 47.6 Å². The molecule has 0 radical (unpaired) electrons. The molecule has 0 N–H and O–H groups in total. The van der Waals surface area contributed by atoms with Crippen molar-refractivity contribution in [2.75, 3.05) is 27.4 Å². The standard InChI is InChI=1S/C33H37NO3/c1-4-5-6-9-20-34-21-22-37-27-15-12-25(13-16-27)23-32-29-19-17-28(35-2)24-26(29)14-18-30(32)31-10-7-8-11-33(31)36-3/h7-8,10-19,21,24H,4-6,9,20,22-23H2,1-3H3. The van der Waals surface area contributed by atoms with Gasteiger partial charge in [-0.2, -0.15) is 0 Å². The number of para-hydroxylation sites is 1.